The molecule has 0 fully saturated rings. The van der Waals surface area contributed by atoms with E-state index in [0.29, 0.717) is 29.9 Å². The van der Waals surface area contributed by atoms with Crippen LogP contribution in [0.2, 0.25) is 4.34 Å². The van der Waals surface area contributed by atoms with Gasteiger partial charge in [0, 0.05) is 23.7 Å². The van der Waals surface area contributed by atoms with E-state index in [1.54, 1.807) is 12.4 Å². The molecule has 0 aliphatic carbocycles. The molecular formula is C18H22ClIN6OS. The standard InChI is InChI=1S/C18H21ClN6OS.HI/c1-2-20-18(21-10-14(26)15-8-9-16(19)27-15)22-11-17-24-23-12-25(17)13-6-4-3-5-7-13;/h3-9,12,14,26H,2,10-11H2,1H3,(H2,20,21,22);1H. The zero-order chi connectivity index (χ0) is 19.1. The highest BCUT2D eigenvalue weighted by Crippen LogP contribution is 2.26. The van der Waals surface area contributed by atoms with Crippen molar-refractivity contribution >= 4 is 52.9 Å². The number of halogens is 2. The van der Waals surface area contributed by atoms with Crippen molar-refractivity contribution in [3.05, 3.63) is 63.8 Å². The van der Waals surface area contributed by atoms with Crippen molar-refractivity contribution in [2.45, 2.75) is 19.6 Å². The zero-order valence-corrected chi connectivity index (χ0v) is 19.2. The SMILES string of the molecule is CCNC(=NCc1nncn1-c1ccccc1)NCC(O)c1ccc(Cl)s1.I. The molecule has 0 saturated carbocycles. The van der Waals surface area contributed by atoms with Crippen LogP contribution in [0.25, 0.3) is 5.69 Å². The number of aliphatic hydroxyl groups is 1. The van der Waals surface area contributed by atoms with Crippen LogP contribution in [0.4, 0.5) is 0 Å². The number of aliphatic hydroxyl groups excluding tert-OH is 1. The minimum absolute atomic E-state index is 0. The van der Waals surface area contributed by atoms with E-state index in [1.807, 2.05) is 47.9 Å². The van der Waals surface area contributed by atoms with E-state index in [0.717, 1.165) is 16.4 Å². The third-order valence-electron chi connectivity index (χ3n) is 3.76. The molecule has 0 aliphatic rings. The lowest BCUT2D eigenvalue weighted by Crippen LogP contribution is -2.39. The number of nitrogens with one attached hydrogen (secondary N) is 2. The van der Waals surface area contributed by atoms with Gasteiger partial charge in [-0.05, 0) is 31.2 Å². The number of benzene rings is 1. The van der Waals surface area contributed by atoms with Gasteiger partial charge in [-0.25, -0.2) is 4.99 Å². The summed E-state index contributed by atoms with van der Waals surface area (Å²) in [6.07, 6.45) is 1.02. The van der Waals surface area contributed by atoms with Crippen LogP contribution in [0.15, 0.2) is 53.8 Å². The molecule has 1 atom stereocenters. The molecule has 150 valence electrons. The number of para-hydroxylation sites is 1. The monoisotopic (exact) mass is 532 g/mol. The summed E-state index contributed by atoms with van der Waals surface area (Å²) in [4.78, 5) is 5.36. The zero-order valence-electron chi connectivity index (χ0n) is 15.2. The van der Waals surface area contributed by atoms with Crippen LogP contribution < -0.4 is 10.6 Å². The summed E-state index contributed by atoms with van der Waals surface area (Å²) in [5.41, 5.74) is 0.982. The molecule has 0 bridgehead atoms. The van der Waals surface area contributed by atoms with E-state index in [2.05, 4.69) is 25.8 Å². The lowest BCUT2D eigenvalue weighted by Gasteiger charge is -2.14. The molecule has 1 unspecified atom stereocenters. The predicted molar refractivity (Wildman–Crippen MR) is 124 cm³/mol. The summed E-state index contributed by atoms with van der Waals surface area (Å²) >= 11 is 7.29. The fourth-order valence-corrected chi connectivity index (χ4v) is 3.51. The summed E-state index contributed by atoms with van der Waals surface area (Å²) in [6.45, 7) is 3.37. The van der Waals surface area contributed by atoms with Gasteiger partial charge in [-0.1, -0.05) is 29.8 Å². The van der Waals surface area contributed by atoms with Crippen LogP contribution in [0, 0.1) is 0 Å². The van der Waals surface area contributed by atoms with Crippen molar-refractivity contribution in [3.8, 4) is 5.69 Å². The van der Waals surface area contributed by atoms with E-state index in [1.165, 1.54) is 11.3 Å². The van der Waals surface area contributed by atoms with Gasteiger partial charge in [0.1, 0.15) is 19.0 Å². The van der Waals surface area contributed by atoms with Crippen LogP contribution in [0.3, 0.4) is 0 Å². The Bertz CT molecular complexity index is 885. The van der Waals surface area contributed by atoms with Gasteiger partial charge in [-0.3, -0.25) is 4.57 Å². The van der Waals surface area contributed by atoms with Crippen molar-refractivity contribution in [2.24, 2.45) is 4.99 Å². The van der Waals surface area contributed by atoms with Gasteiger partial charge >= 0.3 is 0 Å². The fraction of sp³-hybridized carbons (Fsp3) is 0.278. The van der Waals surface area contributed by atoms with E-state index >= 15 is 0 Å². The molecule has 7 nitrogen and oxygen atoms in total. The lowest BCUT2D eigenvalue weighted by molar-refractivity contribution is 0.184. The predicted octanol–water partition coefficient (Wildman–Crippen LogP) is 3.39. The van der Waals surface area contributed by atoms with Crippen molar-refractivity contribution in [1.82, 2.24) is 25.4 Å². The second-order valence-electron chi connectivity index (χ2n) is 5.69. The number of hydrogen-bond donors (Lipinski definition) is 3. The number of hydrogen-bond acceptors (Lipinski definition) is 5. The van der Waals surface area contributed by atoms with Gasteiger partial charge < -0.3 is 15.7 Å². The summed E-state index contributed by atoms with van der Waals surface area (Å²) in [6, 6.07) is 13.5. The molecular weight excluding hydrogens is 511 g/mol. The molecule has 3 N–H and O–H groups in total. The first kappa shape index (κ1) is 22.6. The summed E-state index contributed by atoms with van der Waals surface area (Å²) in [5, 5.41) is 24.7. The van der Waals surface area contributed by atoms with Gasteiger partial charge in [0.15, 0.2) is 11.8 Å². The Labute approximate surface area is 189 Å². The lowest BCUT2D eigenvalue weighted by atomic mass is 10.3. The molecule has 3 aromatic rings. The van der Waals surface area contributed by atoms with Gasteiger partial charge in [0.2, 0.25) is 0 Å². The first-order valence-corrected chi connectivity index (χ1v) is 9.76. The summed E-state index contributed by atoms with van der Waals surface area (Å²) in [7, 11) is 0. The van der Waals surface area contributed by atoms with Crippen LogP contribution in [-0.4, -0.2) is 38.9 Å². The number of nitrogens with zero attached hydrogens (tertiary/aromatic N) is 4. The quantitative estimate of drug-likeness (QED) is 0.247. The maximum absolute atomic E-state index is 10.3. The first-order chi connectivity index (χ1) is 13.2. The molecule has 2 aromatic heterocycles. The minimum atomic E-state index is -0.653. The topological polar surface area (TPSA) is 87.4 Å². The Morgan fingerprint density at radius 3 is 2.71 bits per heavy atom. The fourth-order valence-electron chi connectivity index (χ4n) is 2.46. The number of rotatable bonds is 7. The Kier molecular flexibility index (Phi) is 9.16. The molecule has 0 saturated heterocycles. The number of guanidine groups is 1. The van der Waals surface area contributed by atoms with Crippen molar-refractivity contribution in [2.75, 3.05) is 13.1 Å². The van der Waals surface area contributed by atoms with E-state index in [-0.39, 0.29) is 24.0 Å². The average molecular weight is 533 g/mol. The van der Waals surface area contributed by atoms with E-state index in [4.69, 9.17) is 11.6 Å². The number of aromatic nitrogens is 3. The Balaban J connectivity index is 0.00000280. The molecule has 0 amide bonds. The van der Waals surface area contributed by atoms with Crippen LogP contribution >= 0.6 is 46.9 Å². The number of aliphatic imine (C=N–C) groups is 1. The Morgan fingerprint density at radius 1 is 1.25 bits per heavy atom. The second kappa shape index (κ2) is 11.3. The van der Waals surface area contributed by atoms with Gasteiger partial charge in [-0.2, -0.15) is 0 Å². The highest BCUT2D eigenvalue weighted by atomic mass is 127. The molecule has 28 heavy (non-hydrogen) atoms. The molecule has 0 spiro atoms. The third kappa shape index (κ3) is 6.16. The smallest absolute Gasteiger partial charge is 0.191 e. The summed E-state index contributed by atoms with van der Waals surface area (Å²) < 4.78 is 2.56. The molecule has 2 heterocycles. The van der Waals surface area contributed by atoms with Crippen molar-refractivity contribution in [1.29, 1.82) is 0 Å². The second-order valence-corrected chi connectivity index (χ2v) is 7.43. The number of thiophene rings is 1. The van der Waals surface area contributed by atoms with Crippen molar-refractivity contribution in [3.63, 3.8) is 0 Å². The van der Waals surface area contributed by atoms with Crippen LogP contribution in [-0.2, 0) is 6.54 Å². The summed E-state index contributed by atoms with van der Waals surface area (Å²) in [5.74, 6) is 1.32. The molecule has 0 radical (unpaired) electrons. The Morgan fingerprint density at radius 2 is 2.04 bits per heavy atom. The first-order valence-electron chi connectivity index (χ1n) is 8.57. The van der Waals surface area contributed by atoms with Gasteiger partial charge in [-0.15, -0.1) is 45.5 Å². The van der Waals surface area contributed by atoms with E-state index in [9.17, 15) is 5.11 Å². The Hall–Kier alpha value is -1.69. The van der Waals surface area contributed by atoms with E-state index < -0.39 is 6.10 Å². The highest BCUT2D eigenvalue weighted by Gasteiger charge is 2.11. The molecule has 10 heteroatoms. The molecule has 1 aromatic carbocycles. The van der Waals surface area contributed by atoms with Crippen LogP contribution in [0.5, 0.6) is 0 Å². The van der Waals surface area contributed by atoms with Gasteiger partial charge in [0.25, 0.3) is 0 Å². The third-order valence-corrected chi connectivity index (χ3v) is 5.09. The molecule has 0 aliphatic heterocycles. The largest absolute Gasteiger partial charge is 0.386 e. The maximum Gasteiger partial charge on any atom is 0.191 e. The van der Waals surface area contributed by atoms with Gasteiger partial charge in [0.05, 0.1) is 4.34 Å². The highest BCUT2D eigenvalue weighted by molar-refractivity contribution is 14.0. The minimum Gasteiger partial charge on any atom is -0.386 e. The average Bonchev–Trinajstić information content (AvgIpc) is 3.33. The van der Waals surface area contributed by atoms with Crippen LogP contribution in [0.1, 0.15) is 23.7 Å². The normalized spacial score (nSPS) is 12.3. The van der Waals surface area contributed by atoms with Crippen molar-refractivity contribution < 1.29 is 5.11 Å². The molecule has 3 rings (SSSR count). The maximum atomic E-state index is 10.3.